The fourth-order valence-electron chi connectivity index (χ4n) is 2.07. The van der Waals surface area contributed by atoms with E-state index in [-0.39, 0.29) is 11.5 Å². The van der Waals surface area contributed by atoms with Gasteiger partial charge in [-0.3, -0.25) is 0 Å². The van der Waals surface area contributed by atoms with E-state index in [1.807, 2.05) is 18.2 Å². The van der Waals surface area contributed by atoms with Gasteiger partial charge in [0.05, 0.1) is 20.3 Å². The predicted octanol–water partition coefficient (Wildman–Crippen LogP) is 1.43. The average Bonchev–Trinajstić information content (AvgIpc) is 2.28. The maximum Gasteiger partial charge on any atom is 0.123 e. The van der Waals surface area contributed by atoms with Gasteiger partial charge in [0.1, 0.15) is 5.75 Å². The van der Waals surface area contributed by atoms with Crippen molar-refractivity contribution in [2.24, 2.45) is 16.9 Å². The van der Waals surface area contributed by atoms with Crippen molar-refractivity contribution in [3.63, 3.8) is 0 Å². The fraction of sp³-hybridized carbons (Fsp3) is 0.500. The van der Waals surface area contributed by atoms with E-state index in [1.165, 1.54) is 0 Å². The maximum absolute atomic E-state index is 6.33. The van der Waals surface area contributed by atoms with Crippen LogP contribution in [0, 0.1) is 5.41 Å². The van der Waals surface area contributed by atoms with Crippen LogP contribution in [-0.4, -0.2) is 26.9 Å². The molecule has 1 saturated heterocycles. The van der Waals surface area contributed by atoms with Crippen LogP contribution in [0.15, 0.2) is 22.7 Å². The highest BCUT2D eigenvalue weighted by Gasteiger charge is 2.44. The third-order valence-corrected chi connectivity index (χ3v) is 3.87. The summed E-state index contributed by atoms with van der Waals surface area (Å²) in [4.78, 5) is 0. The zero-order chi connectivity index (χ0) is 12.5. The van der Waals surface area contributed by atoms with Crippen molar-refractivity contribution in [3.05, 3.63) is 28.2 Å². The molecule has 4 N–H and O–H groups in total. The highest BCUT2D eigenvalue weighted by atomic mass is 79.9. The minimum Gasteiger partial charge on any atom is -0.496 e. The summed E-state index contributed by atoms with van der Waals surface area (Å²) in [7, 11) is 1.64. The Balaban J connectivity index is 2.35. The van der Waals surface area contributed by atoms with E-state index < -0.39 is 0 Å². The summed E-state index contributed by atoms with van der Waals surface area (Å²) >= 11 is 3.45. The molecule has 0 spiro atoms. The van der Waals surface area contributed by atoms with Crippen LogP contribution in [0.25, 0.3) is 0 Å². The molecule has 0 radical (unpaired) electrons. The number of rotatable bonds is 4. The van der Waals surface area contributed by atoms with Gasteiger partial charge in [-0.15, -0.1) is 0 Å². The van der Waals surface area contributed by atoms with Gasteiger partial charge >= 0.3 is 0 Å². The zero-order valence-corrected chi connectivity index (χ0v) is 11.4. The Bertz CT molecular complexity index is 402. The van der Waals surface area contributed by atoms with E-state index in [0.29, 0.717) is 19.8 Å². The lowest BCUT2D eigenvalue weighted by Gasteiger charge is -2.45. The number of halogens is 1. The van der Waals surface area contributed by atoms with Gasteiger partial charge in [-0.25, -0.2) is 0 Å². The van der Waals surface area contributed by atoms with E-state index in [9.17, 15) is 0 Å². The molecular weight excluding hydrogens is 284 g/mol. The third kappa shape index (κ3) is 2.20. The van der Waals surface area contributed by atoms with Gasteiger partial charge in [0.2, 0.25) is 0 Å². The molecule has 1 unspecified atom stereocenters. The molecule has 1 aromatic carbocycles. The lowest BCUT2D eigenvalue weighted by Crippen LogP contribution is -2.55. The highest BCUT2D eigenvalue weighted by molar-refractivity contribution is 9.10. The Labute approximate surface area is 109 Å². The normalized spacial score (nSPS) is 19.5. The topological polar surface area (TPSA) is 70.5 Å². The summed E-state index contributed by atoms with van der Waals surface area (Å²) < 4.78 is 11.6. The van der Waals surface area contributed by atoms with Crippen LogP contribution in [-0.2, 0) is 4.74 Å². The van der Waals surface area contributed by atoms with Gasteiger partial charge in [0.25, 0.3) is 0 Å². The molecule has 5 heteroatoms. The highest BCUT2D eigenvalue weighted by Crippen LogP contribution is 2.41. The summed E-state index contributed by atoms with van der Waals surface area (Å²) in [6, 6.07) is 5.65. The first-order valence-corrected chi connectivity index (χ1v) is 6.29. The van der Waals surface area contributed by atoms with Gasteiger partial charge < -0.3 is 20.9 Å². The lowest BCUT2D eigenvalue weighted by molar-refractivity contribution is -0.121. The van der Waals surface area contributed by atoms with Gasteiger partial charge in [-0.1, -0.05) is 15.9 Å². The van der Waals surface area contributed by atoms with Gasteiger partial charge in [0.15, 0.2) is 0 Å². The Hall–Kier alpha value is -0.620. The predicted molar refractivity (Wildman–Crippen MR) is 69.9 cm³/mol. The van der Waals surface area contributed by atoms with Crippen LogP contribution >= 0.6 is 15.9 Å². The second-order valence-electron chi connectivity index (χ2n) is 4.42. The molecule has 17 heavy (non-hydrogen) atoms. The largest absolute Gasteiger partial charge is 0.496 e. The second kappa shape index (κ2) is 4.94. The molecule has 94 valence electrons. The molecular formula is C12H17BrN2O2. The van der Waals surface area contributed by atoms with Crippen LogP contribution in [0.3, 0.4) is 0 Å². The first-order valence-electron chi connectivity index (χ1n) is 5.50. The van der Waals surface area contributed by atoms with Crippen molar-refractivity contribution in [1.82, 2.24) is 0 Å². The molecule has 0 saturated carbocycles. The van der Waals surface area contributed by atoms with Crippen molar-refractivity contribution < 1.29 is 9.47 Å². The number of methoxy groups -OCH3 is 1. The quantitative estimate of drug-likeness (QED) is 0.882. The van der Waals surface area contributed by atoms with Crippen LogP contribution in [0.1, 0.15) is 11.6 Å². The second-order valence-corrected chi connectivity index (χ2v) is 5.34. The SMILES string of the molecule is COc1ccc(Br)cc1C(N)C1(CN)COC1. The molecule has 1 aliphatic rings. The van der Waals surface area contributed by atoms with E-state index >= 15 is 0 Å². The monoisotopic (exact) mass is 300 g/mol. The summed E-state index contributed by atoms with van der Waals surface area (Å²) in [6.07, 6.45) is 0. The molecule has 0 amide bonds. The first-order chi connectivity index (χ1) is 8.13. The molecule has 1 aliphatic heterocycles. The van der Waals surface area contributed by atoms with E-state index in [4.69, 9.17) is 20.9 Å². The summed E-state index contributed by atoms with van der Waals surface area (Å²) in [6.45, 7) is 1.74. The van der Waals surface area contributed by atoms with Gasteiger partial charge in [-0.05, 0) is 18.2 Å². The summed E-state index contributed by atoms with van der Waals surface area (Å²) in [5.74, 6) is 0.792. The van der Waals surface area contributed by atoms with Crippen molar-refractivity contribution in [1.29, 1.82) is 0 Å². The van der Waals surface area contributed by atoms with Crippen LogP contribution in [0.2, 0.25) is 0 Å². The number of hydrogen-bond acceptors (Lipinski definition) is 4. The molecule has 0 aliphatic carbocycles. The maximum atomic E-state index is 6.33. The molecule has 0 aromatic heterocycles. The van der Waals surface area contributed by atoms with E-state index in [0.717, 1.165) is 15.8 Å². The van der Waals surface area contributed by atoms with Crippen molar-refractivity contribution in [3.8, 4) is 5.75 Å². The number of nitrogens with two attached hydrogens (primary N) is 2. The summed E-state index contributed by atoms with van der Waals surface area (Å²) in [5, 5.41) is 0. The van der Waals surface area contributed by atoms with E-state index in [1.54, 1.807) is 7.11 Å². The number of benzene rings is 1. The molecule has 1 aromatic rings. The smallest absolute Gasteiger partial charge is 0.123 e. The third-order valence-electron chi connectivity index (χ3n) is 3.37. The average molecular weight is 301 g/mol. The minimum absolute atomic E-state index is 0.159. The molecule has 1 atom stereocenters. The molecule has 4 nitrogen and oxygen atoms in total. The molecule has 1 fully saturated rings. The Morgan fingerprint density at radius 2 is 2.24 bits per heavy atom. The Morgan fingerprint density at radius 1 is 1.53 bits per heavy atom. The van der Waals surface area contributed by atoms with Crippen LogP contribution in [0.4, 0.5) is 0 Å². The van der Waals surface area contributed by atoms with Crippen molar-refractivity contribution in [2.45, 2.75) is 6.04 Å². The fourth-order valence-corrected chi connectivity index (χ4v) is 2.45. The van der Waals surface area contributed by atoms with Crippen LogP contribution in [0.5, 0.6) is 5.75 Å². The van der Waals surface area contributed by atoms with Gasteiger partial charge in [-0.2, -0.15) is 0 Å². The zero-order valence-electron chi connectivity index (χ0n) is 9.78. The number of ether oxygens (including phenoxy) is 2. The van der Waals surface area contributed by atoms with Crippen molar-refractivity contribution >= 4 is 15.9 Å². The molecule has 1 heterocycles. The first kappa shape index (κ1) is 12.8. The Morgan fingerprint density at radius 3 is 2.71 bits per heavy atom. The van der Waals surface area contributed by atoms with Crippen LogP contribution < -0.4 is 16.2 Å². The standard InChI is InChI=1S/C12H17BrN2O2/c1-16-10-3-2-8(13)4-9(10)11(15)12(5-14)6-17-7-12/h2-4,11H,5-7,14-15H2,1H3. The van der Waals surface area contributed by atoms with E-state index in [2.05, 4.69) is 15.9 Å². The number of hydrogen-bond donors (Lipinski definition) is 2. The molecule has 0 bridgehead atoms. The summed E-state index contributed by atoms with van der Waals surface area (Å²) in [5.41, 5.74) is 13.0. The Kier molecular flexibility index (Phi) is 3.73. The van der Waals surface area contributed by atoms with Gasteiger partial charge in [0, 0.05) is 28.0 Å². The van der Waals surface area contributed by atoms with Crippen molar-refractivity contribution in [2.75, 3.05) is 26.9 Å². The molecule has 2 rings (SSSR count). The lowest BCUT2D eigenvalue weighted by atomic mass is 9.75. The minimum atomic E-state index is -0.173.